The van der Waals surface area contributed by atoms with Crippen LogP contribution in [-0.4, -0.2) is 51.4 Å². The molecule has 2 aromatic rings. The topological polar surface area (TPSA) is 103 Å². The van der Waals surface area contributed by atoms with Crippen molar-refractivity contribution in [2.75, 3.05) is 38.9 Å². The van der Waals surface area contributed by atoms with Crippen molar-refractivity contribution in [1.82, 2.24) is 5.32 Å². The summed E-state index contributed by atoms with van der Waals surface area (Å²) in [5.41, 5.74) is 0.896. The van der Waals surface area contributed by atoms with Crippen molar-refractivity contribution in [3.05, 3.63) is 48.0 Å². The Labute approximate surface area is 172 Å². The van der Waals surface area contributed by atoms with Crippen LogP contribution in [0, 0.1) is 0 Å². The first-order valence-corrected chi connectivity index (χ1v) is 9.79. The van der Waals surface area contributed by atoms with Crippen LogP contribution < -0.4 is 20.1 Å². The van der Waals surface area contributed by atoms with E-state index in [2.05, 4.69) is 10.6 Å². The fraction of sp³-hybridized carbons (Fsp3) is 0.250. The van der Waals surface area contributed by atoms with Gasteiger partial charge in [-0.1, -0.05) is 0 Å². The molecule has 0 atom stereocenters. The Bertz CT molecular complexity index is 870. The zero-order valence-electron chi connectivity index (χ0n) is 16.3. The van der Waals surface area contributed by atoms with Gasteiger partial charge in [-0.15, -0.1) is 11.8 Å². The number of hydrogen-bond donors (Lipinski definition) is 2. The smallest absolute Gasteiger partial charge is 0.325 e. The summed E-state index contributed by atoms with van der Waals surface area (Å²) in [6, 6.07) is 11.9. The molecule has 0 aliphatic rings. The third-order valence-corrected chi connectivity index (χ3v) is 4.52. The zero-order chi connectivity index (χ0) is 21.2. The Morgan fingerprint density at radius 2 is 1.66 bits per heavy atom. The van der Waals surface area contributed by atoms with Gasteiger partial charge in [0.05, 0.1) is 14.2 Å². The Morgan fingerprint density at radius 1 is 0.966 bits per heavy atom. The Balaban J connectivity index is 1.77. The number of anilines is 1. The van der Waals surface area contributed by atoms with E-state index in [-0.39, 0.29) is 6.54 Å². The second-order valence-corrected chi connectivity index (χ2v) is 6.57. The number of methoxy groups -OCH3 is 2. The molecular weight excluding hydrogens is 396 g/mol. The van der Waals surface area contributed by atoms with E-state index in [1.807, 2.05) is 18.4 Å². The number of benzene rings is 2. The van der Waals surface area contributed by atoms with Crippen LogP contribution in [0.15, 0.2) is 47.4 Å². The third-order valence-electron chi connectivity index (χ3n) is 3.78. The van der Waals surface area contributed by atoms with Gasteiger partial charge in [0.15, 0.2) is 18.1 Å². The highest BCUT2D eigenvalue weighted by Crippen LogP contribution is 2.27. The second-order valence-electron chi connectivity index (χ2n) is 5.69. The largest absolute Gasteiger partial charge is 0.493 e. The van der Waals surface area contributed by atoms with E-state index in [0.717, 1.165) is 4.90 Å². The van der Waals surface area contributed by atoms with Crippen molar-refractivity contribution in [3.8, 4) is 11.5 Å². The molecule has 0 aliphatic carbocycles. The lowest BCUT2D eigenvalue weighted by Crippen LogP contribution is -2.32. The van der Waals surface area contributed by atoms with Crippen molar-refractivity contribution in [2.24, 2.45) is 0 Å². The predicted octanol–water partition coefficient (Wildman–Crippen LogP) is 2.34. The second kappa shape index (κ2) is 11.0. The molecule has 0 radical (unpaired) electrons. The Kier molecular flexibility index (Phi) is 8.35. The summed E-state index contributed by atoms with van der Waals surface area (Å²) in [5.74, 6) is -0.808. The molecule has 0 aliphatic heterocycles. The van der Waals surface area contributed by atoms with E-state index in [0.29, 0.717) is 22.7 Å². The minimum absolute atomic E-state index is 0.293. The van der Waals surface area contributed by atoms with Gasteiger partial charge in [0, 0.05) is 16.1 Å². The number of rotatable bonds is 9. The van der Waals surface area contributed by atoms with Gasteiger partial charge in [-0.3, -0.25) is 14.4 Å². The summed E-state index contributed by atoms with van der Waals surface area (Å²) in [4.78, 5) is 36.9. The van der Waals surface area contributed by atoms with E-state index in [1.165, 1.54) is 26.4 Å². The Morgan fingerprint density at radius 3 is 2.28 bits per heavy atom. The molecular formula is C20H22N2O6S. The van der Waals surface area contributed by atoms with E-state index < -0.39 is 24.4 Å². The lowest BCUT2D eigenvalue weighted by atomic mass is 10.2. The summed E-state index contributed by atoms with van der Waals surface area (Å²) >= 11 is 1.59. The number of amides is 2. The first kappa shape index (κ1) is 22.1. The third kappa shape index (κ3) is 6.72. The fourth-order valence-electron chi connectivity index (χ4n) is 2.30. The first-order valence-electron chi connectivity index (χ1n) is 8.56. The number of carbonyl (C=O) groups is 3. The van der Waals surface area contributed by atoms with Gasteiger partial charge in [-0.05, 0) is 48.7 Å². The van der Waals surface area contributed by atoms with Crippen molar-refractivity contribution < 1.29 is 28.6 Å². The molecule has 9 heteroatoms. The SMILES string of the molecule is COc1ccc(C(=O)NCC(=O)OCC(=O)Nc2ccc(SC)cc2)cc1OC. The minimum atomic E-state index is -0.730. The molecule has 2 N–H and O–H groups in total. The number of hydrogen-bond acceptors (Lipinski definition) is 7. The quantitative estimate of drug-likeness (QED) is 0.476. The maximum atomic E-state index is 12.2. The summed E-state index contributed by atoms with van der Waals surface area (Å²) in [5, 5.41) is 5.05. The van der Waals surface area contributed by atoms with E-state index in [4.69, 9.17) is 14.2 Å². The maximum absolute atomic E-state index is 12.2. The molecule has 0 fully saturated rings. The van der Waals surface area contributed by atoms with Crippen LogP contribution in [0.25, 0.3) is 0 Å². The van der Waals surface area contributed by atoms with Gasteiger partial charge in [0.2, 0.25) is 0 Å². The molecule has 0 saturated heterocycles. The fourth-order valence-corrected chi connectivity index (χ4v) is 2.71. The summed E-state index contributed by atoms with van der Waals surface area (Å²) < 4.78 is 15.1. The van der Waals surface area contributed by atoms with Crippen LogP contribution >= 0.6 is 11.8 Å². The molecule has 2 rings (SSSR count). The van der Waals surface area contributed by atoms with Crippen molar-refractivity contribution in [2.45, 2.75) is 4.90 Å². The number of carbonyl (C=O) groups excluding carboxylic acids is 3. The molecule has 29 heavy (non-hydrogen) atoms. The molecule has 154 valence electrons. The van der Waals surface area contributed by atoms with Crippen LogP contribution in [0.5, 0.6) is 11.5 Å². The summed E-state index contributed by atoms with van der Waals surface area (Å²) in [7, 11) is 2.95. The number of ether oxygens (including phenoxy) is 3. The van der Waals surface area contributed by atoms with Crippen LogP contribution in [0.4, 0.5) is 5.69 Å². The van der Waals surface area contributed by atoms with E-state index in [1.54, 1.807) is 30.0 Å². The normalized spacial score (nSPS) is 10.0. The van der Waals surface area contributed by atoms with Crippen molar-refractivity contribution in [3.63, 3.8) is 0 Å². The Hall–Kier alpha value is -3.20. The molecule has 0 bridgehead atoms. The summed E-state index contributed by atoms with van der Waals surface area (Å²) in [6.07, 6.45) is 1.96. The number of thioether (sulfide) groups is 1. The maximum Gasteiger partial charge on any atom is 0.325 e. The molecule has 0 saturated carbocycles. The van der Waals surface area contributed by atoms with E-state index in [9.17, 15) is 14.4 Å². The van der Waals surface area contributed by atoms with Crippen molar-refractivity contribution >= 4 is 35.2 Å². The molecule has 0 aromatic heterocycles. The molecule has 2 amide bonds. The van der Waals surface area contributed by atoms with Crippen LogP contribution in [0.1, 0.15) is 10.4 Å². The highest BCUT2D eigenvalue weighted by molar-refractivity contribution is 7.98. The molecule has 2 aromatic carbocycles. The summed E-state index contributed by atoms with van der Waals surface area (Å²) in [6.45, 7) is -0.821. The standard InChI is InChI=1S/C20H22N2O6S/c1-26-16-9-4-13(10-17(16)27-2)20(25)21-11-19(24)28-12-18(23)22-14-5-7-15(29-3)8-6-14/h4-10H,11-12H2,1-3H3,(H,21,25)(H,22,23). The molecule has 0 heterocycles. The average molecular weight is 418 g/mol. The molecule has 8 nitrogen and oxygen atoms in total. The van der Waals surface area contributed by atoms with Gasteiger partial charge in [0.25, 0.3) is 11.8 Å². The van der Waals surface area contributed by atoms with Gasteiger partial charge < -0.3 is 24.8 Å². The predicted molar refractivity (Wildman–Crippen MR) is 110 cm³/mol. The van der Waals surface area contributed by atoms with Gasteiger partial charge in [-0.2, -0.15) is 0 Å². The van der Waals surface area contributed by atoms with Gasteiger partial charge in [-0.25, -0.2) is 0 Å². The molecule has 0 spiro atoms. The molecule has 0 unspecified atom stereocenters. The first-order chi connectivity index (χ1) is 14.0. The van der Waals surface area contributed by atoms with Gasteiger partial charge >= 0.3 is 5.97 Å². The van der Waals surface area contributed by atoms with Crippen LogP contribution in [-0.2, 0) is 14.3 Å². The lowest BCUT2D eigenvalue weighted by Gasteiger charge is -2.10. The highest BCUT2D eigenvalue weighted by atomic mass is 32.2. The van der Waals surface area contributed by atoms with Crippen LogP contribution in [0.3, 0.4) is 0 Å². The zero-order valence-corrected chi connectivity index (χ0v) is 17.1. The number of esters is 1. The van der Waals surface area contributed by atoms with E-state index >= 15 is 0 Å². The number of nitrogens with one attached hydrogen (secondary N) is 2. The van der Waals surface area contributed by atoms with Crippen LogP contribution in [0.2, 0.25) is 0 Å². The van der Waals surface area contributed by atoms with Gasteiger partial charge in [0.1, 0.15) is 6.54 Å². The van der Waals surface area contributed by atoms with Crippen molar-refractivity contribution in [1.29, 1.82) is 0 Å². The average Bonchev–Trinajstić information content (AvgIpc) is 2.75. The highest BCUT2D eigenvalue weighted by Gasteiger charge is 2.13. The minimum Gasteiger partial charge on any atom is -0.493 e. The lowest BCUT2D eigenvalue weighted by molar-refractivity contribution is -0.146. The monoisotopic (exact) mass is 418 g/mol.